The fraction of sp³-hybridized carbons (Fsp3) is 0.606. The highest BCUT2D eigenvalue weighted by Gasteiger charge is 2.50. The van der Waals surface area contributed by atoms with Crippen molar-refractivity contribution in [1.29, 1.82) is 0 Å². The Balaban J connectivity index is 1.27. The van der Waals surface area contributed by atoms with Crippen LogP contribution in [-0.2, 0) is 4.79 Å². The molecule has 4 aliphatic rings. The minimum atomic E-state index is 0.417. The van der Waals surface area contributed by atoms with Crippen LogP contribution < -0.4 is 0 Å². The van der Waals surface area contributed by atoms with Crippen molar-refractivity contribution < 1.29 is 4.79 Å². The fourth-order valence-corrected chi connectivity index (χ4v) is 7.82. The van der Waals surface area contributed by atoms with Gasteiger partial charge in [0.15, 0.2) is 0 Å². The van der Waals surface area contributed by atoms with Gasteiger partial charge in [-0.05, 0) is 111 Å². The molecule has 1 nitrogen and oxygen atoms in total. The maximum atomic E-state index is 12.3. The van der Waals surface area contributed by atoms with Crippen molar-refractivity contribution in [3.63, 3.8) is 0 Å². The average molecular weight is 457 g/mol. The normalized spacial score (nSPS) is 34.9. The van der Waals surface area contributed by atoms with E-state index in [0.29, 0.717) is 29.0 Å². The van der Waals surface area contributed by atoms with Gasteiger partial charge in [-0.25, -0.2) is 0 Å². The minimum Gasteiger partial charge on any atom is -0.299 e. The summed E-state index contributed by atoms with van der Waals surface area (Å²) in [6.45, 7) is 9.45. The first-order valence-corrected chi connectivity index (χ1v) is 14.1. The van der Waals surface area contributed by atoms with Crippen LogP contribution in [0, 0.1) is 29.1 Å². The number of benzene rings is 1. The molecule has 0 heterocycles. The number of rotatable bonds is 7. The third-order valence-electron chi connectivity index (χ3n) is 10.1. The van der Waals surface area contributed by atoms with Gasteiger partial charge in [-0.3, -0.25) is 4.79 Å². The Morgan fingerprint density at radius 2 is 1.88 bits per heavy atom. The number of carbonyl (C=O) groups is 1. The van der Waals surface area contributed by atoms with E-state index < -0.39 is 0 Å². The summed E-state index contributed by atoms with van der Waals surface area (Å²) < 4.78 is 0. The van der Waals surface area contributed by atoms with Crippen LogP contribution in [0.4, 0.5) is 0 Å². The summed E-state index contributed by atoms with van der Waals surface area (Å²) in [6, 6.07) is 11.0. The third kappa shape index (κ3) is 4.91. The van der Waals surface area contributed by atoms with E-state index in [4.69, 9.17) is 0 Å². The van der Waals surface area contributed by atoms with Crippen LogP contribution >= 0.6 is 0 Å². The van der Waals surface area contributed by atoms with Crippen molar-refractivity contribution in [1.82, 2.24) is 0 Å². The summed E-state index contributed by atoms with van der Waals surface area (Å²) in [4.78, 5) is 12.3. The van der Waals surface area contributed by atoms with E-state index >= 15 is 0 Å². The lowest BCUT2D eigenvalue weighted by Gasteiger charge is -2.44. The van der Waals surface area contributed by atoms with Crippen LogP contribution in [0.5, 0.6) is 0 Å². The van der Waals surface area contributed by atoms with Crippen LogP contribution in [0.3, 0.4) is 0 Å². The Kier molecular flexibility index (Phi) is 7.01. The second-order valence-corrected chi connectivity index (χ2v) is 12.2. The largest absolute Gasteiger partial charge is 0.299 e. The molecule has 0 aromatic heterocycles. The molecule has 0 spiro atoms. The summed E-state index contributed by atoms with van der Waals surface area (Å²) in [5, 5.41) is 0. The van der Waals surface area contributed by atoms with E-state index in [2.05, 4.69) is 62.9 Å². The zero-order valence-electron chi connectivity index (χ0n) is 21.5. The second-order valence-electron chi connectivity index (χ2n) is 12.2. The minimum absolute atomic E-state index is 0.417. The Bertz CT molecular complexity index is 962. The lowest BCUT2D eigenvalue weighted by Crippen LogP contribution is -2.36. The average Bonchev–Trinajstić information content (AvgIpc) is 3.64. The van der Waals surface area contributed by atoms with Crippen LogP contribution in [0.2, 0.25) is 0 Å². The zero-order chi connectivity index (χ0) is 23.7. The van der Waals surface area contributed by atoms with Crippen molar-refractivity contribution >= 4 is 5.78 Å². The van der Waals surface area contributed by atoms with Gasteiger partial charge in [0.05, 0.1) is 0 Å². The van der Waals surface area contributed by atoms with E-state index in [9.17, 15) is 4.79 Å². The second kappa shape index (κ2) is 10.00. The van der Waals surface area contributed by atoms with Gasteiger partial charge in [-0.1, -0.05) is 74.1 Å². The molecule has 0 saturated heterocycles. The molecule has 34 heavy (non-hydrogen) atoms. The molecule has 0 bridgehead atoms. The van der Waals surface area contributed by atoms with Gasteiger partial charge >= 0.3 is 0 Å². The van der Waals surface area contributed by atoms with Crippen LogP contribution in [0.1, 0.15) is 102 Å². The van der Waals surface area contributed by atoms with Crippen molar-refractivity contribution in [3.8, 4) is 0 Å². The van der Waals surface area contributed by atoms with E-state index in [1.807, 2.05) is 0 Å². The van der Waals surface area contributed by atoms with Crippen LogP contribution in [-0.4, -0.2) is 5.78 Å². The Morgan fingerprint density at radius 3 is 2.65 bits per heavy atom. The number of ketones is 1. The number of hydrogen-bond donors (Lipinski definition) is 0. The standard InChI is InChI=1S/C33H44O/c1-23-11-13-29(25-8-5-4-6-9-25)22-28(23)17-14-26-10-7-21-33(3)30(18-19-31(26)33)24(2)12-20-32(34)27-15-16-27/h4-6,8-9,14,17,24,27,29-31H,1,7,10-13,15-16,18-22H2,2-3H3/t24-,29?,30-,31+,33-/m1/s1. The van der Waals surface area contributed by atoms with Crippen molar-refractivity contribution in [2.24, 2.45) is 29.1 Å². The molecule has 1 unspecified atom stereocenters. The molecule has 0 amide bonds. The van der Waals surface area contributed by atoms with E-state index in [0.717, 1.165) is 50.4 Å². The van der Waals surface area contributed by atoms with Crippen molar-refractivity contribution in [2.45, 2.75) is 96.8 Å². The van der Waals surface area contributed by atoms with Crippen LogP contribution in [0.25, 0.3) is 0 Å². The SMILES string of the molecule is C=C1CCC(c2ccccc2)CC1=CC=C1CCC[C@]2(C)[C@@H]([C@H](C)CCC(=O)C3CC3)CC[C@@H]12. The summed E-state index contributed by atoms with van der Waals surface area (Å²) in [5.74, 6) is 3.76. The molecule has 5 atom stereocenters. The maximum Gasteiger partial charge on any atom is 0.135 e. The molecule has 5 rings (SSSR count). The van der Waals surface area contributed by atoms with E-state index in [1.165, 1.54) is 55.2 Å². The molecule has 1 heteroatoms. The summed E-state index contributed by atoms with van der Waals surface area (Å²) in [7, 11) is 0. The van der Waals surface area contributed by atoms with Crippen LogP contribution in [0.15, 0.2) is 65.8 Å². The van der Waals surface area contributed by atoms with Crippen molar-refractivity contribution in [2.75, 3.05) is 0 Å². The molecule has 182 valence electrons. The Hall–Kier alpha value is -1.89. The summed E-state index contributed by atoms with van der Waals surface area (Å²) >= 11 is 0. The predicted octanol–water partition coefficient (Wildman–Crippen LogP) is 8.97. The molecule has 4 fully saturated rings. The summed E-state index contributed by atoms with van der Waals surface area (Å²) in [6.07, 6.45) is 19.3. The van der Waals surface area contributed by atoms with Gasteiger partial charge in [0, 0.05) is 12.3 Å². The zero-order valence-corrected chi connectivity index (χ0v) is 21.5. The first-order chi connectivity index (χ1) is 16.5. The third-order valence-corrected chi connectivity index (χ3v) is 10.1. The fourth-order valence-electron chi connectivity index (χ4n) is 7.82. The van der Waals surface area contributed by atoms with E-state index in [-0.39, 0.29) is 0 Å². The van der Waals surface area contributed by atoms with E-state index in [1.54, 1.807) is 5.57 Å². The van der Waals surface area contributed by atoms with Crippen molar-refractivity contribution in [3.05, 3.63) is 71.3 Å². The smallest absolute Gasteiger partial charge is 0.135 e. The molecule has 4 aliphatic carbocycles. The Labute approximate surface area is 207 Å². The number of Topliss-reactive ketones (excluding diaryl/α,β-unsaturated/α-hetero) is 1. The first-order valence-electron chi connectivity index (χ1n) is 14.1. The highest BCUT2D eigenvalue weighted by Crippen LogP contribution is 2.60. The lowest BCUT2D eigenvalue weighted by atomic mass is 9.60. The van der Waals surface area contributed by atoms with Gasteiger partial charge in [-0.2, -0.15) is 0 Å². The summed E-state index contributed by atoms with van der Waals surface area (Å²) in [5.41, 5.74) is 6.41. The number of carbonyl (C=O) groups excluding carboxylic acids is 1. The Morgan fingerprint density at radius 1 is 1.09 bits per heavy atom. The molecule has 0 aliphatic heterocycles. The first kappa shape index (κ1) is 23.8. The topological polar surface area (TPSA) is 17.1 Å². The van der Waals surface area contributed by atoms with Gasteiger partial charge in [0.1, 0.15) is 5.78 Å². The highest BCUT2D eigenvalue weighted by atomic mass is 16.1. The molecular formula is C33H44O. The molecule has 1 aromatic rings. The predicted molar refractivity (Wildman–Crippen MR) is 143 cm³/mol. The molecule has 0 radical (unpaired) electrons. The van der Waals surface area contributed by atoms with Gasteiger partial charge in [-0.15, -0.1) is 0 Å². The number of hydrogen-bond acceptors (Lipinski definition) is 1. The van der Waals surface area contributed by atoms with Gasteiger partial charge in [0.25, 0.3) is 0 Å². The molecule has 0 N–H and O–H groups in total. The number of fused-ring (bicyclic) bond motifs is 1. The monoisotopic (exact) mass is 456 g/mol. The molecule has 1 aromatic carbocycles. The number of allylic oxidation sites excluding steroid dienone is 5. The highest BCUT2D eigenvalue weighted by molar-refractivity contribution is 5.83. The lowest BCUT2D eigenvalue weighted by molar-refractivity contribution is -0.120. The van der Waals surface area contributed by atoms with Gasteiger partial charge < -0.3 is 0 Å². The molecule has 4 saturated carbocycles. The molecular weight excluding hydrogens is 412 g/mol. The quantitative estimate of drug-likeness (QED) is 0.400. The maximum absolute atomic E-state index is 12.3. The van der Waals surface area contributed by atoms with Gasteiger partial charge in [0.2, 0.25) is 0 Å².